The molecule has 2 amide bonds. The van der Waals surface area contributed by atoms with Crippen LogP contribution in [0.25, 0.3) is 0 Å². The van der Waals surface area contributed by atoms with Crippen LogP contribution in [-0.4, -0.2) is 38.9 Å². The standard InChI is InChI=1S/C23H29N3O3/c1-17(19-8-9-21-22(16-19)29-15-5-14-28-21)25-23(27)24-11-4-12-26-13-10-18-6-2-3-7-20(18)26/h2-3,6-9,16-17H,4-5,10-15H2,1H3,(H2,24,25,27). The number of urea groups is 1. The molecule has 0 aromatic heterocycles. The number of anilines is 1. The van der Waals surface area contributed by atoms with E-state index in [2.05, 4.69) is 39.8 Å². The van der Waals surface area contributed by atoms with E-state index in [0.29, 0.717) is 19.8 Å². The molecule has 2 aliphatic rings. The summed E-state index contributed by atoms with van der Waals surface area (Å²) in [6.45, 7) is 5.96. The minimum atomic E-state index is -0.147. The van der Waals surface area contributed by atoms with E-state index in [-0.39, 0.29) is 12.1 Å². The Kier molecular flexibility index (Phi) is 6.08. The van der Waals surface area contributed by atoms with Crippen LogP contribution in [0.5, 0.6) is 11.5 Å². The second-order valence-electron chi connectivity index (χ2n) is 7.60. The summed E-state index contributed by atoms with van der Waals surface area (Å²) in [6, 6.07) is 14.1. The fourth-order valence-electron chi connectivity index (χ4n) is 3.89. The molecule has 0 radical (unpaired) electrons. The molecule has 6 nitrogen and oxygen atoms in total. The van der Waals surface area contributed by atoms with E-state index in [1.54, 1.807) is 0 Å². The number of para-hydroxylation sites is 1. The van der Waals surface area contributed by atoms with Crippen LogP contribution >= 0.6 is 0 Å². The van der Waals surface area contributed by atoms with Crippen LogP contribution in [0.4, 0.5) is 10.5 Å². The highest BCUT2D eigenvalue weighted by atomic mass is 16.5. The van der Waals surface area contributed by atoms with Gasteiger partial charge in [0.1, 0.15) is 0 Å². The molecule has 6 heteroatoms. The Balaban J connectivity index is 1.21. The van der Waals surface area contributed by atoms with E-state index in [1.165, 1.54) is 11.3 Å². The molecule has 2 heterocycles. The van der Waals surface area contributed by atoms with Crippen LogP contribution < -0.4 is 25.0 Å². The van der Waals surface area contributed by atoms with Crippen molar-refractivity contribution in [2.75, 3.05) is 37.7 Å². The van der Waals surface area contributed by atoms with Crippen molar-refractivity contribution < 1.29 is 14.3 Å². The monoisotopic (exact) mass is 395 g/mol. The second kappa shape index (κ2) is 9.07. The molecule has 0 aliphatic carbocycles. The van der Waals surface area contributed by atoms with Gasteiger partial charge in [-0.15, -0.1) is 0 Å². The lowest BCUT2D eigenvalue weighted by molar-refractivity contribution is 0.238. The van der Waals surface area contributed by atoms with Crippen molar-refractivity contribution >= 4 is 11.7 Å². The van der Waals surface area contributed by atoms with E-state index in [0.717, 1.165) is 49.4 Å². The molecule has 2 N–H and O–H groups in total. The van der Waals surface area contributed by atoms with Crippen molar-refractivity contribution in [2.45, 2.75) is 32.2 Å². The topological polar surface area (TPSA) is 62.8 Å². The highest BCUT2D eigenvalue weighted by molar-refractivity contribution is 5.74. The molecular formula is C23H29N3O3. The number of carbonyl (C=O) groups excluding carboxylic acids is 1. The summed E-state index contributed by atoms with van der Waals surface area (Å²) < 4.78 is 11.4. The molecule has 0 saturated heterocycles. The van der Waals surface area contributed by atoms with Crippen LogP contribution in [0.2, 0.25) is 0 Å². The molecule has 29 heavy (non-hydrogen) atoms. The van der Waals surface area contributed by atoms with Crippen LogP contribution in [-0.2, 0) is 6.42 Å². The largest absolute Gasteiger partial charge is 0.490 e. The van der Waals surface area contributed by atoms with Crippen molar-refractivity contribution in [3.8, 4) is 11.5 Å². The summed E-state index contributed by atoms with van der Waals surface area (Å²) in [5.41, 5.74) is 3.75. The predicted octanol–water partition coefficient (Wildman–Crippen LogP) is 3.66. The molecule has 2 aromatic carbocycles. The Labute approximate surface area is 172 Å². The first-order valence-corrected chi connectivity index (χ1v) is 10.5. The number of ether oxygens (including phenoxy) is 2. The highest BCUT2D eigenvalue weighted by Gasteiger charge is 2.18. The Morgan fingerprint density at radius 2 is 1.97 bits per heavy atom. The number of rotatable bonds is 6. The fourth-order valence-corrected chi connectivity index (χ4v) is 3.89. The van der Waals surface area contributed by atoms with Crippen molar-refractivity contribution in [1.82, 2.24) is 10.6 Å². The van der Waals surface area contributed by atoms with Gasteiger partial charge in [0.2, 0.25) is 0 Å². The molecule has 0 saturated carbocycles. The lowest BCUT2D eigenvalue weighted by Crippen LogP contribution is -2.38. The van der Waals surface area contributed by atoms with Gasteiger partial charge in [0.15, 0.2) is 11.5 Å². The molecule has 1 atom stereocenters. The van der Waals surface area contributed by atoms with Crippen molar-refractivity contribution in [3.05, 3.63) is 53.6 Å². The molecule has 0 spiro atoms. The molecule has 1 unspecified atom stereocenters. The summed E-state index contributed by atoms with van der Waals surface area (Å²) in [5.74, 6) is 1.52. The Hall–Kier alpha value is -2.89. The Morgan fingerprint density at radius 3 is 2.86 bits per heavy atom. The zero-order valence-electron chi connectivity index (χ0n) is 16.9. The van der Waals surface area contributed by atoms with Gasteiger partial charge in [-0.1, -0.05) is 24.3 Å². The van der Waals surface area contributed by atoms with Crippen molar-refractivity contribution in [2.24, 2.45) is 0 Å². The lowest BCUT2D eigenvalue weighted by atomic mass is 10.1. The normalized spacial score (nSPS) is 16.0. The molecule has 2 aliphatic heterocycles. The zero-order chi connectivity index (χ0) is 20.1. The first kappa shape index (κ1) is 19.4. The number of nitrogens with zero attached hydrogens (tertiary/aromatic N) is 1. The van der Waals surface area contributed by atoms with Gasteiger partial charge in [-0.3, -0.25) is 0 Å². The summed E-state index contributed by atoms with van der Waals surface area (Å²) in [5, 5.41) is 5.97. The van der Waals surface area contributed by atoms with Crippen molar-refractivity contribution in [3.63, 3.8) is 0 Å². The summed E-state index contributed by atoms with van der Waals surface area (Å²) in [7, 11) is 0. The maximum Gasteiger partial charge on any atom is 0.315 e. The Morgan fingerprint density at radius 1 is 1.14 bits per heavy atom. The van der Waals surface area contributed by atoms with E-state index in [9.17, 15) is 4.79 Å². The number of amides is 2. The van der Waals surface area contributed by atoms with Crippen LogP contribution in [0, 0.1) is 0 Å². The summed E-state index contributed by atoms with van der Waals surface area (Å²) in [4.78, 5) is 14.7. The smallest absolute Gasteiger partial charge is 0.315 e. The first-order valence-electron chi connectivity index (χ1n) is 10.5. The van der Waals surface area contributed by atoms with E-state index in [4.69, 9.17) is 9.47 Å². The van der Waals surface area contributed by atoms with Gasteiger partial charge in [0, 0.05) is 31.7 Å². The van der Waals surface area contributed by atoms with Gasteiger partial charge in [0.25, 0.3) is 0 Å². The first-order chi connectivity index (χ1) is 14.2. The third-order valence-electron chi connectivity index (χ3n) is 5.49. The number of hydrogen-bond acceptors (Lipinski definition) is 4. The lowest BCUT2D eigenvalue weighted by Gasteiger charge is -2.20. The van der Waals surface area contributed by atoms with Gasteiger partial charge < -0.3 is 25.0 Å². The molecular weight excluding hydrogens is 366 g/mol. The number of carbonyl (C=O) groups is 1. The zero-order valence-corrected chi connectivity index (χ0v) is 16.9. The molecule has 0 bridgehead atoms. The van der Waals surface area contributed by atoms with E-state index in [1.807, 2.05) is 25.1 Å². The minimum Gasteiger partial charge on any atom is -0.490 e. The third kappa shape index (κ3) is 4.75. The number of fused-ring (bicyclic) bond motifs is 2. The quantitative estimate of drug-likeness (QED) is 0.733. The predicted molar refractivity (Wildman–Crippen MR) is 114 cm³/mol. The average Bonchev–Trinajstić information content (AvgIpc) is 2.99. The van der Waals surface area contributed by atoms with E-state index < -0.39 is 0 Å². The minimum absolute atomic E-state index is 0.113. The molecule has 0 fully saturated rings. The maximum atomic E-state index is 12.3. The highest BCUT2D eigenvalue weighted by Crippen LogP contribution is 2.32. The number of benzene rings is 2. The van der Waals surface area contributed by atoms with E-state index >= 15 is 0 Å². The molecule has 2 aromatic rings. The van der Waals surface area contributed by atoms with Gasteiger partial charge >= 0.3 is 6.03 Å². The summed E-state index contributed by atoms with van der Waals surface area (Å²) >= 11 is 0. The Bertz CT molecular complexity index is 855. The van der Waals surface area contributed by atoms with Gasteiger partial charge in [0.05, 0.1) is 19.3 Å². The van der Waals surface area contributed by atoms with Crippen LogP contribution in [0.3, 0.4) is 0 Å². The van der Waals surface area contributed by atoms with Crippen molar-refractivity contribution in [1.29, 1.82) is 0 Å². The van der Waals surface area contributed by atoms with Crippen LogP contribution in [0.1, 0.15) is 36.9 Å². The SMILES string of the molecule is CC(NC(=O)NCCCN1CCc2ccccc21)c1ccc2c(c1)OCCCO2. The van der Waals surface area contributed by atoms with Gasteiger partial charge in [-0.2, -0.15) is 0 Å². The fraction of sp³-hybridized carbons (Fsp3) is 0.435. The number of nitrogens with one attached hydrogen (secondary N) is 2. The number of hydrogen-bond donors (Lipinski definition) is 2. The third-order valence-corrected chi connectivity index (χ3v) is 5.49. The maximum absolute atomic E-state index is 12.3. The molecule has 154 valence electrons. The second-order valence-corrected chi connectivity index (χ2v) is 7.60. The van der Waals surface area contributed by atoms with Crippen LogP contribution in [0.15, 0.2) is 42.5 Å². The molecule has 4 rings (SSSR count). The summed E-state index contributed by atoms with van der Waals surface area (Å²) in [6.07, 6.45) is 2.90. The average molecular weight is 396 g/mol. The van der Waals surface area contributed by atoms with Gasteiger partial charge in [-0.05, 0) is 49.1 Å². The van der Waals surface area contributed by atoms with Gasteiger partial charge in [-0.25, -0.2) is 4.79 Å².